The van der Waals surface area contributed by atoms with E-state index in [-0.39, 0.29) is 5.91 Å². The highest BCUT2D eigenvalue weighted by Crippen LogP contribution is 2.24. The maximum Gasteiger partial charge on any atom is 0.234 e. The van der Waals surface area contributed by atoms with Gasteiger partial charge in [-0.15, -0.1) is 0 Å². The Morgan fingerprint density at radius 3 is 2.59 bits per heavy atom. The largest absolute Gasteiger partial charge is 0.371 e. The molecule has 0 spiro atoms. The molecule has 1 amide bonds. The van der Waals surface area contributed by atoms with Crippen LogP contribution in [0.1, 0.15) is 24.0 Å². The Balaban J connectivity index is 1.19. The van der Waals surface area contributed by atoms with Crippen LogP contribution in [0.4, 0.5) is 5.69 Å². The van der Waals surface area contributed by atoms with Crippen LogP contribution in [0.2, 0.25) is 0 Å². The number of nitrogens with one attached hydrogen (secondary N) is 1. The highest BCUT2D eigenvalue weighted by atomic mass is 16.2. The highest BCUT2D eigenvalue weighted by molar-refractivity contribution is 5.78. The first kappa shape index (κ1) is 19.7. The summed E-state index contributed by atoms with van der Waals surface area (Å²) >= 11 is 0. The van der Waals surface area contributed by atoms with Crippen LogP contribution in [0, 0.1) is 12.8 Å². The molecule has 2 aromatic carbocycles. The Labute approximate surface area is 174 Å². The molecule has 1 fully saturated rings. The predicted molar refractivity (Wildman–Crippen MR) is 120 cm³/mol. The van der Waals surface area contributed by atoms with Crippen LogP contribution in [0.25, 0.3) is 5.57 Å². The molecule has 0 unspecified atom stereocenters. The summed E-state index contributed by atoms with van der Waals surface area (Å²) in [4.78, 5) is 17.1. The zero-order valence-electron chi connectivity index (χ0n) is 17.3. The Morgan fingerprint density at radius 2 is 1.86 bits per heavy atom. The van der Waals surface area contributed by atoms with Gasteiger partial charge in [0.15, 0.2) is 0 Å². The normalized spacial score (nSPS) is 19.8. The fourth-order valence-corrected chi connectivity index (χ4v) is 4.27. The van der Waals surface area contributed by atoms with Gasteiger partial charge in [0, 0.05) is 38.4 Å². The van der Waals surface area contributed by atoms with Crippen molar-refractivity contribution in [3.05, 3.63) is 71.8 Å². The smallest absolute Gasteiger partial charge is 0.234 e. The molecule has 29 heavy (non-hydrogen) atoms. The monoisotopic (exact) mass is 389 g/mol. The van der Waals surface area contributed by atoms with Gasteiger partial charge in [0.25, 0.3) is 0 Å². The third-order valence-corrected chi connectivity index (χ3v) is 6.08. The topological polar surface area (TPSA) is 35.6 Å². The number of carbonyl (C=O) groups excluding carboxylic acids is 1. The Hall–Kier alpha value is -2.59. The van der Waals surface area contributed by atoms with Crippen molar-refractivity contribution in [1.82, 2.24) is 10.2 Å². The third kappa shape index (κ3) is 5.27. The standard InChI is InChI=1S/C25H31N3O/c1-20-7-9-22(10-8-20)23-12-14-27(15-13-23)19-25(29)26-17-21-11-16-28(18-21)24-5-3-2-4-6-24/h2-10,12,21H,11,13-19H2,1H3,(H,26,29)/t21-/m0/s1. The lowest BCUT2D eigenvalue weighted by atomic mass is 9.98. The van der Waals surface area contributed by atoms with Gasteiger partial charge >= 0.3 is 0 Å². The summed E-state index contributed by atoms with van der Waals surface area (Å²) in [5, 5.41) is 3.17. The molecule has 2 aliphatic heterocycles. The summed E-state index contributed by atoms with van der Waals surface area (Å²) in [5.41, 5.74) is 5.28. The van der Waals surface area contributed by atoms with Gasteiger partial charge in [-0.1, -0.05) is 54.1 Å². The van der Waals surface area contributed by atoms with Gasteiger partial charge in [-0.05, 0) is 49.0 Å². The first-order valence-corrected chi connectivity index (χ1v) is 10.7. The maximum atomic E-state index is 12.4. The number of hydrogen-bond donors (Lipinski definition) is 1. The molecular formula is C25H31N3O. The van der Waals surface area contributed by atoms with E-state index in [1.807, 2.05) is 0 Å². The number of hydrogen-bond acceptors (Lipinski definition) is 3. The molecular weight excluding hydrogens is 358 g/mol. The molecule has 0 aliphatic carbocycles. The minimum Gasteiger partial charge on any atom is -0.371 e. The van der Waals surface area contributed by atoms with Gasteiger partial charge in [0.05, 0.1) is 6.54 Å². The van der Waals surface area contributed by atoms with Gasteiger partial charge in [-0.25, -0.2) is 0 Å². The summed E-state index contributed by atoms with van der Waals surface area (Å²) in [6.07, 6.45) is 4.42. The van der Waals surface area contributed by atoms with Crippen LogP contribution >= 0.6 is 0 Å². The molecule has 0 bridgehead atoms. The van der Waals surface area contributed by atoms with Gasteiger partial charge in [0.2, 0.25) is 5.91 Å². The lowest BCUT2D eigenvalue weighted by Gasteiger charge is -2.26. The van der Waals surface area contributed by atoms with E-state index in [9.17, 15) is 4.79 Å². The molecule has 0 aromatic heterocycles. The Kier molecular flexibility index (Phi) is 6.30. The summed E-state index contributed by atoms with van der Waals surface area (Å²) in [7, 11) is 0. The summed E-state index contributed by atoms with van der Waals surface area (Å²) < 4.78 is 0. The number of carbonyl (C=O) groups is 1. The van der Waals surface area contributed by atoms with Crippen LogP contribution in [0.3, 0.4) is 0 Å². The molecule has 152 valence electrons. The quantitative estimate of drug-likeness (QED) is 0.818. The number of nitrogens with zero attached hydrogens (tertiary/aromatic N) is 2. The molecule has 4 heteroatoms. The summed E-state index contributed by atoms with van der Waals surface area (Å²) in [6, 6.07) is 19.3. The number of benzene rings is 2. The molecule has 4 rings (SSSR count). The SMILES string of the molecule is Cc1ccc(C2=CCN(CC(=O)NC[C@@H]3CCN(c4ccccc4)C3)CC2)cc1. The van der Waals surface area contributed by atoms with Crippen molar-refractivity contribution >= 4 is 17.2 Å². The predicted octanol–water partition coefficient (Wildman–Crippen LogP) is 3.73. The first-order valence-electron chi connectivity index (χ1n) is 10.7. The van der Waals surface area contributed by atoms with Crippen LogP contribution in [0.5, 0.6) is 0 Å². The van der Waals surface area contributed by atoms with Crippen molar-refractivity contribution in [2.75, 3.05) is 44.2 Å². The number of anilines is 1. The van der Waals surface area contributed by atoms with E-state index in [1.54, 1.807) is 0 Å². The average Bonchev–Trinajstić information content (AvgIpc) is 3.23. The summed E-state index contributed by atoms with van der Waals surface area (Å²) in [6.45, 7) is 7.28. The van der Waals surface area contributed by atoms with Gasteiger partial charge in [-0.2, -0.15) is 0 Å². The maximum absolute atomic E-state index is 12.4. The first-order chi connectivity index (χ1) is 14.2. The van der Waals surface area contributed by atoms with E-state index in [1.165, 1.54) is 22.4 Å². The number of amides is 1. The van der Waals surface area contributed by atoms with Crippen molar-refractivity contribution in [2.45, 2.75) is 19.8 Å². The van der Waals surface area contributed by atoms with Gasteiger partial charge in [0.1, 0.15) is 0 Å². The number of aryl methyl sites for hydroxylation is 1. The lowest BCUT2D eigenvalue weighted by Crippen LogP contribution is -2.41. The Bertz CT molecular complexity index is 844. The van der Waals surface area contributed by atoms with E-state index in [4.69, 9.17) is 0 Å². The highest BCUT2D eigenvalue weighted by Gasteiger charge is 2.23. The minimum atomic E-state index is 0.148. The van der Waals surface area contributed by atoms with Crippen molar-refractivity contribution in [3.63, 3.8) is 0 Å². The van der Waals surface area contributed by atoms with Gasteiger partial charge in [-0.3, -0.25) is 9.69 Å². The minimum absolute atomic E-state index is 0.148. The van der Waals surface area contributed by atoms with E-state index in [0.29, 0.717) is 12.5 Å². The van der Waals surface area contributed by atoms with Crippen LogP contribution < -0.4 is 10.2 Å². The van der Waals surface area contributed by atoms with Gasteiger partial charge < -0.3 is 10.2 Å². The van der Waals surface area contributed by atoms with E-state index >= 15 is 0 Å². The second-order valence-corrected chi connectivity index (χ2v) is 8.32. The van der Waals surface area contributed by atoms with Crippen molar-refractivity contribution < 1.29 is 4.79 Å². The van der Waals surface area contributed by atoms with Crippen molar-refractivity contribution in [1.29, 1.82) is 0 Å². The second kappa shape index (κ2) is 9.27. The van der Waals surface area contributed by atoms with Crippen LogP contribution in [-0.4, -0.2) is 50.1 Å². The molecule has 0 radical (unpaired) electrons. The van der Waals surface area contributed by atoms with Crippen molar-refractivity contribution in [2.24, 2.45) is 5.92 Å². The van der Waals surface area contributed by atoms with Crippen LogP contribution in [0.15, 0.2) is 60.7 Å². The lowest BCUT2D eigenvalue weighted by molar-refractivity contribution is -0.122. The zero-order chi connectivity index (χ0) is 20.1. The fraction of sp³-hybridized carbons (Fsp3) is 0.400. The molecule has 0 saturated carbocycles. The number of rotatable bonds is 6. The van der Waals surface area contributed by atoms with E-state index in [2.05, 4.69) is 82.7 Å². The van der Waals surface area contributed by atoms with E-state index in [0.717, 1.165) is 45.6 Å². The number of para-hydroxylation sites is 1. The van der Waals surface area contributed by atoms with Crippen LogP contribution in [-0.2, 0) is 4.79 Å². The Morgan fingerprint density at radius 1 is 1.07 bits per heavy atom. The summed E-state index contributed by atoms with van der Waals surface area (Å²) in [5.74, 6) is 0.684. The molecule has 4 nitrogen and oxygen atoms in total. The second-order valence-electron chi connectivity index (χ2n) is 8.32. The molecule has 1 atom stereocenters. The fourth-order valence-electron chi connectivity index (χ4n) is 4.27. The molecule has 1 saturated heterocycles. The molecule has 2 aliphatic rings. The molecule has 2 heterocycles. The van der Waals surface area contributed by atoms with Crippen molar-refractivity contribution in [3.8, 4) is 0 Å². The third-order valence-electron chi connectivity index (χ3n) is 6.08. The zero-order valence-corrected chi connectivity index (χ0v) is 17.3. The molecule has 2 aromatic rings. The molecule has 1 N–H and O–H groups in total. The van der Waals surface area contributed by atoms with E-state index < -0.39 is 0 Å². The average molecular weight is 390 g/mol.